The summed E-state index contributed by atoms with van der Waals surface area (Å²) in [7, 11) is 0. The molecule has 1 amide bonds. The van der Waals surface area contributed by atoms with E-state index in [2.05, 4.69) is 16.4 Å². The van der Waals surface area contributed by atoms with Crippen LogP contribution in [0.4, 0.5) is 10.6 Å². The van der Waals surface area contributed by atoms with Gasteiger partial charge in [0.2, 0.25) is 0 Å². The van der Waals surface area contributed by atoms with Crippen LogP contribution < -0.4 is 10.2 Å². The number of hydrogen-bond acceptors (Lipinski definition) is 4. The molecule has 122 valence electrons. The number of aromatic nitrogens is 1. The molecular weight excluding hydrogens is 278 g/mol. The largest absolute Gasteiger partial charge is 0.443 e. The van der Waals surface area contributed by atoms with Crippen molar-refractivity contribution in [3.8, 4) is 0 Å². The quantitative estimate of drug-likeness (QED) is 0.926. The fraction of sp³-hybridized carbons (Fsp3) is 0.647. The van der Waals surface area contributed by atoms with Crippen molar-refractivity contribution in [2.24, 2.45) is 0 Å². The smallest absolute Gasteiger partial charge is 0.415 e. The highest BCUT2D eigenvalue weighted by Crippen LogP contribution is 2.30. The van der Waals surface area contributed by atoms with Crippen molar-refractivity contribution in [1.82, 2.24) is 10.3 Å². The van der Waals surface area contributed by atoms with Gasteiger partial charge in [0.25, 0.3) is 0 Å². The van der Waals surface area contributed by atoms with Gasteiger partial charge in [0.15, 0.2) is 0 Å². The monoisotopic (exact) mass is 305 g/mol. The van der Waals surface area contributed by atoms with Crippen LogP contribution in [0.2, 0.25) is 0 Å². The molecule has 2 rings (SSSR count). The van der Waals surface area contributed by atoms with Gasteiger partial charge >= 0.3 is 6.09 Å². The number of carbonyl (C=O) groups excluding carboxylic acids is 1. The van der Waals surface area contributed by atoms with Gasteiger partial charge in [-0.1, -0.05) is 12.5 Å². The SMILES string of the molecule is CCN(C(=O)OC(C)(C)C)c1ncccc1C1CCCCN1. The standard InChI is InChI=1S/C17H27N3O2/c1-5-20(16(21)22-17(2,3)4)15-13(9-8-12-19-15)14-10-6-7-11-18-14/h8-9,12,14,18H,5-7,10-11H2,1-4H3. The summed E-state index contributed by atoms with van der Waals surface area (Å²) >= 11 is 0. The van der Waals surface area contributed by atoms with Gasteiger partial charge in [0.05, 0.1) is 0 Å². The minimum atomic E-state index is -0.511. The fourth-order valence-electron chi connectivity index (χ4n) is 2.71. The van der Waals surface area contributed by atoms with Crippen LogP contribution in [0.15, 0.2) is 18.3 Å². The van der Waals surface area contributed by atoms with Crippen LogP contribution in [0.1, 0.15) is 58.6 Å². The molecule has 0 aromatic carbocycles. The van der Waals surface area contributed by atoms with Crippen molar-refractivity contribution in [2.75, 3.05) is 18.0 Å². The molecule has 5 heteroatoms. The van der Waals surface area contributed by atoms with E-state index >= 15 is 0 Å². The van der Waals surface area contributed by atoms with Gasteiger partial charge in [0, 0.05) is 24.3 Å². The molecule has 0 saturated carbocycles. The Morgan fingerprint density at radius 1 is 1.45 bits per heavy atom. The van der Waals surface area contributed by atoms with Crippen LogP contribution in [0.25, 0.3) is 0 Å². The van der Waals surface area contributed by atoms with Crippen LogP contribution in [0, 0.1) is 0 Å². The molecular formula is C17H27N3O2. The van der Waals surface area contributed by atoms with E-state index in [0.717, 1.165) is 18.5 Å². The number of nitrogens with zero attached hydrogens (tertiary/aromatic N) is 2. The van der Waals surface area contributed by atoms with Gasteiger partial charge in [-0.3, -0.25) is 4.90 Å². The lowest BCUT2D eigenvalue weighted by molar-refractivity contribution is 0.0580. The average Bonchev–Trinajstić information content (AvgIpc) is 2.47. The second-order valence-corrected chi connectivity index (χ2v) is 6.64. The Morgan fingerprint density at radius 2 is 2.23 bits per heavy atom. The molecule has 0 bridgehead atoms. The third-order valence-electron chi connectivity index (χ3n) is 3.69. The minimum Gasteiger partial charge on any atom is -0.443 e. The summed E-state index contributed by atoms with van der Waals surface area (Å²) in [6.07, 6.45) is 4.87. The molecule has 1 N–H and O–H groups in total. The number of nitrogens with one attached hydrogen (secondary N) is 1. The Kier molecular flexibility index (Phi) is 5.40. The molecule has 1 aliphatic heterocycles. The zero-order chi connectivity index (χ0) is 16.2. The summed E-state index contributed by atoms with van der Waals surface area (Å²) in [5.74, 6) is 0.707. The summed E-state index contributed by atoms with van der Waals surface area (Å²) in [4.78, 5) is 18.6. The second-order valence-electron chi connectivity index (χ2n) is 6.64. The van der Waals surface area contributed by atoms with Crippen molar-refractivity contribution in [2.45, 2.75) is 58.6 Å². The van der Waals surface area contributed by atoms with E-state index in [1.807, 2.05) is 33.8 Å². The van der Waals surface area contributed by atoms with Crippen LogP contribution >= 0.6 is 0 Å². The van der Waals surface area contributed by atoms with E-state index in [4.69, 9.17) is 4.74 Å². The van der Waals surface area contributed by atoms with E-state index in [0.29, 0.717) is 12.4 Å². The fourth-order valence-corrected chi connectivity index (χ4v) is 2.71. The number of ether oxygens (including phenoxy) is 1. The van der Waals surface area contributed by atoms with E-state index in [9.17, 15) is 4.79 Å². The van der Waals surface area contributed by atoms with Crippen LogP contribution in [-0.2, 0) is 4.74 Å². The minimum absolute atomic E-state index is 0.258. The molecule has 0 spiro atoms. The van der Waals surface area contributed by atoms with Crippen molar-refractivity contribution < 1.29 is 9.53 Å². The van der Waals surface area contributed by atoms with E-state index < -0.39 is 5.60 Å². The van der Waals surface area contributed by atoms with E-state index in [1.54, 1.807) is 11.1 Å². The molecule has 0 aliphatic carbocycles. The number of pyridine rings is 1. The molecule has 5 nitrogen and oxygen atoms in total. The van der Waals surface area contributed by atoms with Gasteiger partial charge in [0.1, 0.15) is 11.4 Å². The zero-order valence-electron chi connectivity index (χ0n) is 14.1. The van der Waals surface area contributed by atoms with Crippen molar-refractivity contribution >= 4 is 11.9 Å². The first-order valence-corrected chi connectivity index (χ1v) is 8.11. The molecule has 1 aromatic rings. The van der Waals surface area contributed by atoms with Gasteiger partial charge in [-0.05, 0) is 53.1 Å². The molecule has 1 aliphatic rings. The predicted molar refractivity (Wildman–Crippen MR) is 88.1 cm³/mol. The van der Waals surface area contributed by atoms with Crippen LogP contribution in [-0.4, -0.2) is 29.8 Å². The van der Waals surface area contributed by atoms with Crippen molar-refractivity contribution in [1.29, 1.82) is 0 Å². The van der Waals surface area contributed by atoms with E-state index in [1.165, 1.54) is 12.8 Å². The molecule has 1 unspecified atom stereocenters. The molecule has 2 heterocycles. The highest BCUT2D eigenvalue weighted by molar-refractivity contribution is 5.87. The molecule has 1 aromatic heterocycles. The summed E-state index contributed by atoms with van der Waals surface area (Å²) in [6.45, 7) is 9.11. The number of hydrogen-bond donors (Lipinski definition) is 1. The first-order valence-electron chi connectivity index (χ1n) is 8.11. The average molecular weight is 305 g/mol. The molecule has 1 saturated heterocycles. The number of rotatable bonds is 3. The Hall–Kier alpha value is -1.62. The van der Waals surface area contributed by atoms with Crippen LogP contribution in [0.3, 0.4) is 0 Å². The summed E-state index contributed by atoms with van der Waals surface area (Å²) in [6, 6.07) is 4.24. The lowest BCUT2D eigenvalue weighted by Crippen LogP contribution is -2.38. The lowest BCUT2D eigenvalue weighted by Gasteiger charge is -2.30. The summed E-state index contributed by atoms with van der Waals surface area (Å²) in [5.41, 5.74) is 0.567. The number of piperidine rings is 1. The van der Waals surface area contributed by atoms with Gasteiger partial charge in [-0.25, -0.2) is 9.78 Å². The van der Waals surface area contributed by atoms with Crippen LogP contribution in [0.5, 0.6) is 0 Å². The zero-order valence-corrected chi connectivity index (χ0v) is 14.1. The highest BCUT2D eigenvalue weighted by Gasteiger charge is 2.27. The van der Waals surface area contributed by atoms with Gasteiger partial charge in [-0.15, -0.1) is 0 Å². The Labute approximate surface area is 133 Å². The van der Waals surface area contributed by atoms with E-state index in [-0.39, 0.29) is 12.1 Å². The molecule has 1 atom stereocenters. The Balaban J connectivity index is 2.27. The number of anilines is 1. The first kappa shape index (κ1) is 16.7. The third-order valence-corrected chi connectivity index (χ3v) is 3.69. The summed E-state index contributed by atoms with van der Waals surface area (Å²) < 4.78 is 5.51. The Morgan fingerprint density at radius 3 is 2.82 bits per heavy atom. The second kappa shape index (κ2) is 7.09. The third kappa shape index (κ3) is 4.19. The normalized spacial score (nSPS) is 18.8. The topological polar surface area (TPSA) is 54.5 Å². The van der Waals surface area contributed by atoms with Crippen molar-refractivity contribution in [3.05, 3.63) is 23.9 Å². The Bertz CT molecular complexity index is 505. The lowest BCUT2D eigenvalue weighted by atomic mass is 9.98. The molecule has 0 radical (unpaired) electrons. The maximum absolute atomic E-state index is 12.5. The molecule has 1 fully saturated rings. The number of carbonyl (C=O) groups is 1. The van der Waals surface area contributed by atoms with Crippen molar-refractivity contribution in [3.63, 3.8) is 0 Å². The number of amides is 1. The maximum Gasteiger partial charge on any atom is 0.415 e. The summed E-state index contributed by atoms with van der Waals surface area (Å²) in [5, 5.41) is 3.52. The first-order chi connectivity index (χ1) is 10.4. The van der Waals surface area contributed by atoms with Gasteiger partial charge in [-0.2, -0.15) is 0 Å². The van der Waals surface area contributed by atoms with Gasteiger partial charge < -0.3 is 10.1 Å². The predicted octanol–water partition coefficient (Wildman–Crippen LogP) is 3.66. The maximum atomic E-state index is 12.5. The highest BCUT2D eigenvalue weighted by atomic mass is 16.6. The molecule has 22 heavy (non-hydrogen) atoms.